The zero-order valence-electron chi connectivity index (χ0n) is 17.1. The van der Waals surface area contributed by atoms with Crippen molar-refractivity contribution >= 4 is 34.1 Å². The zero-order valence-corrected chi connectivity index (χ0v) is 18.8. The fourth-order valence-corrected chi connectivity index (χ4v) is 4.37. The molecular weight excluding hydrogens is 467 g/mol. The van der Waals surface area contributed by atoms with Gasteiger partial charge < -0.3 is 14.2 Å². The molecule has 0 fully saturated rings. The van der Waals surface area contributed by atoms with Gasteiger partial charge >= 0.3 is 6.18 Å². The molecule has 1 N–H and O–H groups in total. The van der Waals surface area contributed by atoms with Crippen LogP contribution in [0.4, 0.5) is 18.3 Å². The molecule has 3 rings (SSSR count). The summed E-state index contributed by atoms with van der Waals surface area (Å²) in [6, 6.07) is 8.09. The van der Waals surface area contributed by atoms with Crippen molar-refractivity contribution in [2.75, 3.05) is 26.6 Å². The number of hydrogen-bond acceptors (Lipinski definition) is 8. The van der Waals surface area contributed by atoms with Gasteiger partial charge in [-0.3, -0.25) is 10.1 Å². The Morgan fingerprint density at radius 3 is 2.34 bits per heavy atom. The third-order valence-electron chi connectivity index (χ3n) is 4.17. The number of hydrogen-bond donors (Lipinski definition) is 1. The molecule has 0 spiro atoms. The molecule has 1 aromatic heterocycles. The molecular formula is C20H18F3N3O4S2. The van der Waals surface area contributed by atoms with Gasteiger partial charge in [-0.25, -0.2) is 0 Å². The molecule has 0 radical (unpaired) electrons. The minimum atomic E-state index is -4.40. The average molecular weight is 486 g/mol. The molecule has 0 atom stereocenters. The number of ether oxygens (including phenoxy) is 3. The predicted octanol–water partition coefficient (Wildman–Crippen LogP) is 5.13. The zero-order chi connectivity index (χ0) is 23.3. The number of benzene rings is 2. The van der Waals surface area contributed by atoms with Gasteiger partial charge in [-0.2, -0.15) is 13.2 Å². The fraction of sp³-hybridized carbons (Fsp3) is 0.250. The number of halogens is 3. The molecule has 1 amide bonds. The largest absolute Gasteiger partial charge is 0.493 e. The van der Waals surface area contributed by atoms with Crippen molar-refractivity contribution in [1.82, 2.24) is 10.2 Å². The van der Waals surface area contributed by atoms with Crippen LogP contribution in [0.2, 0.25) is 0 Å². The van der Waals surface area contributed by atoms with E-state index in [-0.39, 0.29) is 16.4 Å². The monoisotopic (exact) mass is 485 g/mol. The van der Waals surface area contributed by atoms with Crippen LogP contribution in [-0.4, -0.2) is 37.4 Å². The van der Waals surface area contributed by atoms with E-state index in [4.69, 9.17) is 14.2 Å². The van der Waals surface area contributed by atoms with Crippen LogP contribution in [-0.2, 0) is 11.9 Å². The van der Waals surface area contributed by atoms with Gasteiger partial charge in [0.2, 0.25) is 10.9 Å². The average Bonchev–Trinajstić information content (AvgIpc) is 3.23. The molecule has 12 heteroatoms. The number of aromatic nitrogens is 2. The highest BCUT2D eigenvalue weighted by Crippen LogP contribution is 2.38. The van der Waals surface area contributed by atoms with Crippen molar-refractivity contribution in [2.24, 2.45) is 0 Å². The topological polar surface area (TPSA) is 82.6 Å². The van der Waals surface area contributed by atoms with E-state index in [0.717, 1.165) is 23.5 Å². The van der Waals surface area contributed by atoms with E-state index in [9.17, 15) is 18.0 Å². The number of alkyl halides is 3. The van der Waals surface area contributed by atoms with Gasteiger partial charge in [0.05, 0.1) is 26.9 Å². The minimum Gasteiger partial charge on any atom is -0.493 e. The summed E-state index contributed by atoms with van der Waals surface area (Å²) in [7, 11) is 4.34. The van der Waals surface area contributed by atoms with Gasteiger partial charge in [0.25, 0.3) is 5.91 Å². The molecule has 7 nitrogen and oxygen atoms in total. The summed E-state index contributed by atoms with van der Waals surface area (Å²) in [4.78, 5) is 12.6. The van der Waals surface area contributed by atoms with Gasteiger partial charge in [0, 0.05) is 11.3 Å². The van der Waals surface area contributed by atoms with Gasteiger partial charge in [0.1, 0.15) is 0 Å². The van der Waals surface area contributed by atoms with Crippen LogP contribution in [0.15, 0.2) is 40.7 Å². The molecule has 0 aliphatic heterocycles. The lowest BCUT2D eigenvalue weighted by Gasteiger charge is -2.13. The Kier molecular flexibility index (Phi) is 7.46. The first kappa shape index (κ1) is 23.7. The predicted molar refractivity (Wildman–Crippen MR) is 115 cm³/mol. The molecule has 170 valence electrons. The highest BCUT2D eigenvalue weighted by molar-refractivity contribution is 8.00. The quantitative estimate of drug-likeness (QED) is 0.350. The maximum Gasteiger partial charge on any atom is 0.416 e. The molecule has 0 bridgehead atoms. The molecule has 0 saturated heterocycles. The number of rotatable bonds is 8. The molecule has 2 aromatic carbocycles. The third-order valence-corrected chi connectivity index (χ3v) is 6.21. The Morgan fingerprint density at radius 2 is 1.75 bits per heavy atom. The second kappa shape index (κ2) is 10.1. The van der Waals surface area contributed by atoms with Crippen molar-refractivity contribution in [1.29, 1.82) is 0 Å². The summed E-state index contributed by atoms with van der Waals surface area (Å²) in [5.41, 5.74) is 0.0575. The fourth-order valence-electron chi connectivity index (χ4n) is 2.68. The summed E-state index contributed by atoms with van der Waals surface area (Å²) in [6.07, 6.45) is -4.40. The highest BCUT2D eigenvalue weighted by atomic mass is 32.2. The standard InChI is InChI=1S/C20H18F3N3O4S2/c1-28-14-8-12(9-15(29-2)16(14)30-3)17(27)24-18-25-26-19(32-18)31-10-11-5-4-6-13(7-11)20(21,22)23/h4-9H,10H2,1-3H3,(H,24,25,27). The first-order valence-corrected chi connectivity index (χ1v) is 10.8. The van der Waals surface area contributed by atoms with E-state index in [1.54, 1.807) is 6.07 Å². The van der Waals surface area contributed by atoms with Gasteiger partial charge in [0.15, 0.2) is 15.8 Å². The Hall–Kier alpha value is -2.99. The van der Waals surface area contributed by atoms with Crippen molar-refractivity contribution in [3.8, 4) is 17.2 Å². The van der Waals surface area contributed by atoms with E-state index < -0.39 is 17.6 Å². The van der Waals surface area contributed by atoms with Crippen LogP contribution < -0.4 is 19.5 Å². The number of carbonyl (C=O) groups is 1. The van der Waals surface area contributed by atoms with Gasteiger partial charge in [-0.15, -0.1) is 10.2 Å². The van der Waals surface area contributed by atoms with Crippen LogP contribution in [0.1, 0.15) is 21.5 Å². The first-order chi connectivity index (χ1) is 15.2. The number of nitrogens with zero attached hydrogens (tertiary/aromatic N) is 2. The van der Waals surface area contributed by atoms with Crippen LogP contribution in [0, 0.1) is 0 Å². The van der Waals surface area contributed by atoms with E-state index in [0.29, 0.717) is 27.2 Å². The molecule has 3 aromatic rings. The Bertz CT molecular complexity index is 1080. The van der Waals surface area contributed by atoms with Gasteiger partial charge in [-0.1, -0.05) is 41.3 Å². The Balaban J connectivity index is 1.67. The number of methoxy groups -OCH3 is 3. The lowest BCUT2D eigenvalue weighted by atomic mass is 10.1. The molecule has 0 aliphatic carbocycles. The highest BCUT2D eigenvalue weighted by Gasteiger charge is 2.30. The summed E-state index contributed by atoms with van der Waals surface area (Å²) in [6.45, 7) is 0. The lowest BCUT2D eigenvalue weighted by Crippen LogP contribution is -2.12. The SMILES string of the molecule is COc1cc(C(=O)Nc2nnc(SCc3cccc(C(F)(F)F)c3)s2)cc(OC)c1OC. The number of nitrogens with one attached hydrogen (secondary N) is 1. The maximum atomic E-state index is 12.8. The van der Waals surface area contributed by atoms with Crippen LogP contribution in [0.25, 0.3) is 0 Å². The second-order valence-corrected chi connectivity index (χ2v) is 8.43. The maximum absolute atomic E-state index is 12.8. The van der Waals surface area contributed by atoms with Crippen LogP contribution in [0.5, 0.6) is 17.2 Å². The molecule has 1 heterocycles. The van der Waals surface area contributed by atoms with Crippen LogP contribution >= 0.6 is 23.1 Å². The van der Waals surface area contributed by atoms with Crippen LogP contribution in [0.3, 0.4) is 0 Å². The van der Waals surface area contributed by atoms with Crippen molar-refractivity contribution in [3.63, 3.8) is 0 Å². The number of anilines is 1. The summed E-state index contributed by atoms with van der Waals surface area (Å²) in [5.74, 6) is 0.822. The van der Waals surface area contributed by atoms with Crippen molar-refractivity contribution < 1.29 is 32.2 Å². The Labute approximate surface area is 189 Å². The van der Waals surface area contributed by atoms with E-state index in [2.05, 4.69) is 15.5 Å². The normalized spacial score (nSPS) is 11.2. The molecule has 0 saturated carbocycles. The first-order valence-electron chi connectivity index (χ1n) is 8.99. The van der Waals surface area contributed by atoms with E-state index in [1.807, 2.05) is 0 Å². The smallest absolute Gasteiger partial charge is 0.416 e. The number of amides is 1. The van der Waals surface area contributed by atoms with E-state index >= 15 is 0 Å². The molecule has 32 heavy (non-hydrogen) atoms. The second-order valence-electron chi connectivity index (χ2n) is 6.23. The summed E-state index contributed by atoms with van der Waals surface area (Å²) in [5, 5.41) is 10.8. The Morgan fingerprint density at radius 1 is 1.06 bits per heavy atom. The van der Waals surface area contributed by atoms with Gasteiger partial charge in [-0.05, 0) is 23.8 Å². The summed E-state index contributed by atoms with van der Waals surface area (Å²) >= 11 is 2.34. The number of thioether (sulfide) groups is 1. The van der Waals surface area contributed by atoms with Crippen molar-refractivity contribution in [3.05, 3.63) is 53.1 Å². The number of carbonyl (C=O) groups excluding carboxylic acids is 1. The minimum absolute atomic E-state index is 0.246. The third kappa shape index (κ3) is 5.62. The van der Waals surface area contributed by atoms with Crippen molar-refractivity contribution in [2.45, 2.75) is 16.3 Å². The summed E-state index contributed by atoms with van der Waals surface area (Å²) < 4.78 is 54.8. The molecule has 0 unspecified atom stereocenters. The lowest BCUT2D eigenvalue weighted by molar-refractivity contribution is -0.137. The van der Waals surface area contributed by atoms with E-state index in [1.165, 1.54) is 51.3 Å². The molecule has 0 aliphatic rings.